The van der Waals surface area contributed by atoms with Gasteiger partial charge in [0.2, 0.25) is 0 Å². The van der Waals surface area contributed by atoms with Crippen LogP contribution in [0.3, 0.4) is 0 Å². The van der Waals surface area contributed by atoms with Crippen LogP contribution in [0.15, 0.2) is 18.2 Å². The standard InChI is InChI=1S/C14H20ClNO3/c1-4-9(2)16-14(18)10(3)19-13-7-5-6-12(15)11(13)8-17/h5-7,9-10,17H,4,8H2,1-3H3,(H,16,18). The molecular weight excluding hydrogens is 266 g/mol. The van der Waals surface area contributed by atoms with Crippen molar-refractivity contribution in [3.63, 3.8) is 0 Å². The second-order valence-electron chi connectivity index (χ2n) is 4.45. The van der Waals surface area contributed by atoms with Crippen LogP contribution < -0.4 is 10.1 Å². The average molecular weight is 286 g/mol. The fourth-order valence-corrected chi connectivity index (χ4v) is 1.73. The highest BCUT2D eigenvalue weighted by Gasteiger charge is 2.18. The van der Waals surface area contributed by atoms with Crippen molar-refractivity contribution in [2.24, 2.45) is 0 Å². The molecule has 0 bridgehead atoms. The monoisotopic (exact) mass is 285 g/mol. The van der Waals surface area contributed by atoms with Gasteiger partial charge in [-0.2, -0.15) is 0 Å². The van der Waals surface area contributed by atoms with E-state index in [0.717, 1.165) is 6.42 Å². The minimum atomic E-state index is -0.641. The number of hydrogen-bond donors (Lipinski definition) is 2. The maximum absolute atomic E-state index is 11.9. The molecule has 0 heterocycles. The Bertz CT molecular complexity index is 437. The van der Waals surface area contributed by atoms with E-state index in [-0.39, 0.29) is 18.6 Å². The highest BCUT2D eigenvalue weighted by Crippen LogP contribution is 2.27. The zero-order chi connectivity index (χ0) is 14.4. The van der Waals surface area contributed by atoms with Crippen LogP contribution in [0.1, 0.15) is 32.8 Å². The first kappa shape index (κ1) is 15.8. The smallest absolute Gasteiger partial charge is 0.260 e. The van der Waals surface area contributed by atoms with E-state index in [1.54, 1.807) is 25.1 Å². The number of nitrogens with one attached hydrogen (secondary N) is 1. The molecule has 1 amide bonds. The molecule has 0 aliphatic heterocycles. The first-order valence-corrected chi connectivity index (χ1v) is 6.72. The number of carbonyl (C=O) groups is 1. The third kappa shape index (κ3) is 4.40. The van der Waals surface area contributed by atoms with Crippen molar-refractivity contribution in [2.75, 3.05) is 0 Å². The Morgan fingerprint density at radius 3 is 2.74 bits per heavy atom. The quantitative estimate of drug-likeness (QED) is 0.844. The number of amides is 1. The first-order valence-electron chi connectivity index (χ1n) is 6.34. The van der Waals surface area contributed by atoms with Crippen LogP contribution in [0, 0.1) is 0 Å². The van der Waals surface area contributed by atoms with Gasteiger partial charge in [-0.25, -0.2) is 0 Å². The van der Waals surface area contributed by atoms with Gasteiger partial charge in [0.05, 0.1) is 6.61 Å². The Balaban J connectivity index is 2.74. The Hall–Kier alpha value is -1.26. The van der Waals surface area contributed by atoms with Gasteiger partial charge < -0.3 is 15.2 Å². The number of aliphatic hydroxyl groups is 1. The molecule has 4 nitrogen and oxygen atoms in total. The predicted molar refractivity (Wildman–Crippen MR) is 75.4 cm³/mol. The fraction of sp³-hybridized carbons (Fsp3) is 0.500. The molecule has 2 N–H and O–H groups in total. The summed E-state index contributed by atoms with van der Waals surface area (Å²) in [7, 11) is 0. The molecule has 0 fully saturated rings. The van der Waals surface area contributed by atoms with Gasteiger partial charge in [0, 0.05) is 16.6 Å². The Morgan fingerprint density at radius 2 is 2.16 bits per heavy atom. The van der Waals surface area contributed by atoms with Crippen molar-refractivity contribution < 1.29 is 14.6 Å². The molecule has 0 aromatic heterocycles. The van der Waals surface area contributed by atoms with Crippen LogP contribution in [0.5, 0.6) is 5.75 Å². The van der Waals surface area contributed by atoms with E-state index in [4.69, 9.17) is 16.3 Å². The van der Waals surface area contributed by atoms with Crippen LogP contribution >= 0.6 is 11.6 Å². The summed E-state index contributed by atoms with van der Waals surface area (Å²) in [5, 5.41) is 12.5. The SMILES string of the molecule is CCC(C)NC(=O)C(C)Oc1cccc(Cl)c1CO. The van der Waals surface area contributed by atoms with E-state index >= 15 is 0 Å². The van der Waals surface area contributed by atoms with Gasteiger partial charge in [0.25, 0.3) is 5.91 Å². The third-order valence-electron chi connectivity index (χ3n) is 2.91. The summed E-state index contributed by atoms with van der Waals surface area (Å²) in [6.45, 7) is 5.37. The lowest BCUT2D eigenvalue weighted by Crippen LogP contribution is -2.41. The van der Waals surface area contributed by atoms with E-state index < -0.39 is 6.10 Å². The van der Waals surface area contributed by atoms with E-state index in [0.29, 0.717) is 16.3 Å². The minimum absolute atomic E-state index is 0.107. The molecule has 0 aliphatic rings. The number of aliphatic hydroxyl groups excluding tert-OH is 1. The molecule has 0 saturated carbocycles. The number of benzene rings is 1. The number of rotatable bonds is 6. The predicted octanol–water partition coefficient (Wildman–Crippen LogP) is 2.51. The zero-order valence-electron chi connectivity index (χ0n) is 11.4. The zero-order valence-corrected chi connectivity index (χ0v) is 12.2. The molecule has 0 aliphatic carbocycles. The molecule has 1 aromatic carbocycles. The van der Waals surface area contributed by atoms with Gasteiger partial charge in [-0.15, -0.1) is 0 Å². The number of ether oxygens (including phenoxy) is 1. The summed E-state index contributed by atoms with van der Waals surface area (Å²) in [5.74, 6) is 0.250. The van der Waals surface area contributed by atoms with Gasteiger partial charge in [0.1, 0.15) is 5.75 Å². The average Bonchev–Trinajstić information content (AvgIpc) is 2.38. The molecular formula is C14H20ClNO3. The molecule has 0 spiro atoms. The highest BCUT2D eigenvalue weighted by atomic mass is 35.5. The van der Waals surface area contributed by atoms with Gasteiger partial charge in [-0.05, 0) is 32.4 Å². The second kappa shape index (κ2) is 7.36. The number of halogens is 1. The van der Waals surface area contributed by atoms with Crippen molar-refractivity contribution in [3.8, 4) is 5.75 Å². The van der Waals surface area contributed by atoms with Crippen LogP contribution in [-0.2, 0) is 11.4 Å². The molecule has 19 heavy (non-hydrogen) atoms. The molecule has 0 radical (unpaired) electrons. The minimum Gasteiger partial charge on any atom is -0.480 e. The largest absolute Gasteiger partial charge is 0.480 e. The van der Waals surface area contributed by atoms with Crippen molar-refractivity contribution >= 4 is 17.5 Å². The van der Waals surface area contributed by atoms with Crippen molar-refractivity contribution in [3.05, 3.63) is 28.8 Å². The summed E-state index contributed by atoms with van der Waals surface area (Å²) >= 11 is 5.96. The molecule has 0 saturated heterocycles. The lowest BCUT2D eigenvalue weighted by Gasteiger charge is -2.19. The van der Waals surface area contributed by atoms with Crippen LogP contribution in [0.2, 0.25) is 5.02 Å². The summed E-state index contributed by atoms with van der Waals surface area (Å²) in [6, 6.07) is 5.18. The lowest BCUT2D eigenvalue weighted by atomic mass is 10.2. The van der Waals surface area contributed by atoms with Gasteiger partial charge >= 0.3 is 0 Å². The molecule has 5 heteroatoms. The number of hydrogen-bond acceptors (Lipinski definition) is 3. The molecule has 2 unspecified atom stereocenters. The van der Waals surface area contributed by atoms with Crippen molar-refractivity contribution in [1.82, 2.24) is 5.32 Å². The van der Waals surface area contributed by atoms with Crippen LogP contribution in [0.25, 0.3) is 0 Å². The maximum Gasteiger partial charge on any atom is 0.260 e. The Morgan fingerprint density at radius 1 is 1.47 bits per heavy atom. The Kier molecular flexibility index (Phi) is 6.12. The van der Waals surface area contributed by atoms with Gasteiger partial charge in [-0.1, -0.05) is 24.6 Å². The van der Waals surface area contributed by atoms with E-state index in [2.05, 4.69) is 5.32 Å². The maximum atomic E-state index is 11.9. The van der Waals surface area contributed by atoms with Crippen LogP contribution in [-0.4, -0.2) is 23.2 Å². The molecule has 106 valence electrons. The lowest BCUT2D eigenvalue weighted by molar-refractivity contribution is -0.127. The van der Waals surface area contributed by atoms with Gasteiger partial charge in [-0.3, -0.25) is 4.79 Å². The van der Waals surface area contributed by atoms with Crippen LogP contribution in [0.4, 0.5) is 0 Å². The summed E-state index contributed by atoms with van der Waals surface area (Å²) in [6.07, 6.45) is 0.218. The topological polar surface area (TPSA) is 58.6 Å². The van der Waals surface area contributed by atoms with E-state index in [1.165, 1.54) is 0 Å². The first-order chi connectivity index (χ1) is 8.99. The van der Waals surface area contributed by atoms with E-state index in [9.17, 15) is 9.90 Å². The molecule has 1 rings (SSSR count). The van der Waals surface area contributed by atoms with Crippen molar-refractivity contribution in [1.29, 1.82) is 0 Å². The second-order valence-corrected chi connectivity index (χ2v) is 4.86. The highest BCUT2D eigenvalue weighted by molar-refractivity contribution is 6.31. The summed E-state index contributed by atoms with van der Waals surface area (Å²) in [4.78, 5) is 11.9. The Labute approximate surface area is 118 Å². The fourth-order valence-electron chi connectivity index (χ4n) is 1.51. The summed E-state index contributed by atoms with van der Waals surface area (Å²) in [5.41, 5.74) is 0.493. The van der Waals surface area contributed by atoms with Crippen molar-refractivity contribution in [2.45, 2.75) is 45.9 Å². The third-order valence-corrected chi connectivity index (χ3v) is 3.26. The molecule has 1 aromatic rings. The van der Waals surface area contributed by atoms with Gasteiger partial charge in [0.15, 0.2) is 6.10 Å². The van der Waals surface area contributed by atoms with E-state index in [1.807, 2.05) is 13.8 Å². The summed E-state index contributed by atoms with van der Waals surface area (Å²) < 4.78 is 5.57. The normalized spacial score (nSPS) is 13.7. The number of carbonyl (C=O) groups excluding carboxylic acids is 1. The molecule has 2 atom stereocenters.